The monoisotopic (exact) mass is 314 g/mol. The topological polar surface area (TPSA) is 54.0 Å². The van der Waals surface area contributed by atoms with Crippen molar-refractivity contribution in [2.24, 2.45) is 0 Å². The summed E-state index contributed by atoms with van der Waals surface area (Å²) in [7, 11) is 0. The molecule has 0 aromatic carbocycles. The van der Waals surface area contributed by atoms with Gasteiger partial charge in [0.1, 0.15) is 0 Å². The number of aliphatic hydroxyl groups excluding tert-OH is 1. The molecule has 1 aliphatic rings. The molecule has 0 saturated carbocycles. The summed E-state index contributed by atoms with van der Waals surface area (Å²) < 4.78 is 10.8. The largest absolute Gasteiger partial charge is 0.389 e. The lowest BCUT2D eigenvalue weighted by atomic mass is 10.3. The number of thiophene rings is 1. The first-order chi connectivity index (χ1) is 10.3. The number of nitrogens with one attached hydrogen (secondary N) is 1. The summed E-state index contributed by atoms with van der Waals surface area (Å²) in [5.74, 6) is 0. The van der Waals surface area contributed by atoms with Crippen molar-refractivity contribution >= 4 is 11.3 Å². The molecule has 2 N–H and O–H groups in total. The lowest BCUT2D eigenvalue weighted by molar-refractivity contribution is 0.0288. The van der Waals surface area contributed by atoms with Crippen molar-refractivity contribution in [1.29, 1.82) is 0 Å². The van der Waals surface area contributed by atoms with Crippen LogP contribution in [-0.4, -0.2) is 68.7 Å². The Morgan fingerprint density at radius 2 is 2.29 bits per heavy atom. The summed E-state index contributed by atoms with van der Waals surface area (Å²) in [5.41, 5.74) is 0. The Hall–Kier alpha value is -0.500. The maximum atomic E-state index is 9.81. The molecule has 5 nitrogen and oxygen atoms in total. The molecular formula is C15H26N2O3S. The molecule has 1 unspecified atom stereocenters. The minimum atomic E-state index is -0.437. The predicted molar refractivity (Wildman–Crippen MR) is 84.7 cm³/mol. The Kier molecular flexibility index (Phi) is 8.24. The molecule has 1 aromatic heterocycles. The molecule has 0 amide bonds. The van der Waals surface area contributed by atoms with Crippen LogP contribution < -0.4 is 5.32 Å². The number of aliphatic hydroxyl groups is 1. The number of rotatable bonds is 10. The normalized spacial score (nSPS) is 18.0. The van der Waals surface area contributed by atoms with E-state index in [1.165, 1.54) is 4.88 Å². The van der Waals surface area contributed by atoms with Crippen LogP contribution in [0.25, 0.3) is 0 Å². The molecule has 120 valence electrons. The Morgan fingerprint density at radius 3 is 3.05 bits per heavy atom. The van der Waals surface area contributed by atoms with E-state index in [4.69, 9.17) is 9.47 Å². The summed E-state index contributed by atoms with van der Waals surface area (Å²) in [6, 6.07) is 4.05. The molecule has 1 fully saturated rings. The molecule has 1 aromatic rings. The van der Waals surface area contributed by atoms with E-state index in [9.17, 15) is 5.11 Å². The van der Waals surface area contributed by atoms with Gasteiger partial charge in [-0.1, -0.05) is 6.07 Å². The SMILES string of the molecule is OC(CNCCCN1CCOCC1)COCc1cccs1. The van der Waals surface area contributed by atoms with Gasteiger partial charge in [0, 0.05) is 24.5 Å². The van der Waals surface area contributed by atoms with Crippen LogP contribution in [0.1, 0.15) is 11.3 Å². The maximum Gasteiger partial charge on any atom is 0.0897 e. The third kappa shape index (κ3) is 7.35. The fourth-order valence-corrected chi connectivity index (χ4v) is 2.91. The Bertz CT molecular complexity index is 356. The molecule has 1 aliphatic heterocycles. The lowest BCUT2D eigenvalue weighted by Crippen LogP contribution is -2.38. The van der Waals surface area contributed by atoms with Gasteiger partial charge in [0.05, 0.1) is 32.5 Å². The number of hydrogen-bond donors (Lipinski definition) is 2. The van der Waals surface area contributed by atoms with Gasteiger partial charge in [-0.25, -0.2) is 0 Å². The molecule has 0 radical (unpaired) electrons. The zero-order valence-electron chi connectivity index (χ0n) is 12.5. The summed E-state index contributed by atoms with van der Waals surface area (Å²) >= 11 is 1.68. The molecule has 6 heteroatoms. The second-order valence-electron chi connectivity index (χ2n) is 5.26. The third-order valence-electron chi connectivity index (χ3n) is 3.45. The third-order valence-corrected chi connectivity index (χ3v) is 4.30. The molecule has 1 atom stereocenters. The van der Waals surface area contributed by atoms with Gasteiger partial charge in [-0.2, -0.15) is 0 Å². The van der Waals surface area contributed by atoms with Gasteiger partial charge in [-0.15, -0.1) is 11.3 Å². The van der Waals surface area contributed by atoms with Gasteiger partial charge in [0.2, 0.25) is 0 Å². The maximum absolute atomic E-state index is 9.81. The van der Waals surface area contributed by atoms with Gasteiger partial charge in [-0.05, 0) is 31.0 Å². The van der Waals surface area contributed by atoms with E-state index in [1.54, 1.807) is 11.3 Å². The predicted octanol–water partition coefficient (Wildman–Crippen LogP) is 0.938. The summed E-state index contributed by atoms with van der Waals surface area (Å²) in [5, 5.41) is 15.1. The average Bonchev–Trinajstić information content (AvgIpc) is 3.01. The van der Waals surface area contributed by atoms with Crippen molar-refractivity contribution in [3.05, 3.63) is 22.4 Å². The fraction of sp³-hybridized carbons (Fsp3) is 0.733. The number of morpholine rings is 1. The Balaban J connectivity index is 1.41. The first-order valence-corrected chi connectivity index (χ1v) is 8.51. The highest BCUT2D eigenvalue weighted by Gasteiger charge is 2.09. The molecule has 1 saturated heterocycles. The number of ether oxygens (including phenoxy) is 2. The van der Waals surface area contributed by atoms with Crippen molar-refractivity contribution in [3.63, 3.8) is 0 Å². The zero-order valence-corrected chi connectivity index (χ0v) is 13.3. The second kappa shape index (κ2) is 10.3. The molecule has 2 rings (SSSR count). The van der Waals surface area contributed by atoms with Gasteiger partial charge in [-0.3, -0.25) is 4.90 Å². The van der Waals surface area contributed by atoms with Gasteiger partial charge in [0.15, 0.2) is 0 Å². The molecule has 21 heavy (non-hydrogen) atoms. The van der Waals surface area contributed by atoms with E-state index in [1.807, 2.05) is 17.5 Å². The van der Waals surface area contributed by atoms with Crippen molar-refractivity contribution in [2.45, 2.75) is 19.1 Å². The molecule has 0 bridgehead atoms. The standard InChI is InChI=1S/C15H26N2O3S/c18-14(12-20-13-15-3-1-10-21-15)11-16-4-2-5-17-6-8-19-9-7-17/h1,3,10,14,16,18H,2,4-9,11-13H2. The molecule has 0 aliphatic carbocycles. The van der Waals surface area contributed by atoms with Crippen LogP contribution in [0.15, 0.2) is 17.5 Å². The Labute approximate surface area is 130 Å². The average molecular weight is 314 g/mol. The smallest absolute Gasteiger partial charge is 0.0897 e. The van der Waals surface area contributed by atoms with E-state index in [0.29, 0.717) is 19.8 Å². The van der Waals surface area contributed by atoms with Crippen LogP contribution in [0.3, 0.4) is 0 Å². The van der Waals surface area contributed by atoms with Crippen LogP contribution >= 0.6 is 11.3 Å². The highest BCUT2D eigenvalue weighted by molar-refractivity contribution is 7.09. The van der Waals surface area contributed by atoms with Crippen molar-refractivity contribution in [1.82, 2.24) is 10.2 Å². The van der Waals surface area contributed by atoms with Gasteiger partial charge < -0.3 is 19.9 Å². The van der Waals surface area contributed by atoms with E-state index in [0.717, 1.165) is 45.8 Å². The summed E-state index contributed by atoms with van der Waals surface area (Å²) in [6.45, 7) is 7.38. The second-order valence-corrected chi connectivity index (χ2v) is 6.29. The van der Waals surface area contributed by atoms with Crippen molar-refractivity contribution in [2.75, 3.05) is 52.5 Å². The van der Waals surface area contributed by atoms with E-state index < -0.39 is 6.10 Å². The van der Waals surface area contributed by atoms with E-state index in [2.05, 4.69) is 10.2 Å². The van der Waals surface area contributed by atoms with Crippen LogP contribution in [0.4, 0.5) is 0 Å². The van der Waals surface area contributed by atoms with Gasteiger partial charge in [0.25, 0.3) is 0 Å². The first-order valence-electron chi connectivity index (χ1n) is 7.63. The summed E-state index contributed by atoms with van der Waals surface area (Å²) in [6.07, 6.45) is 0.663. The zero-order chi connectivity index (χ0) is 14.8. The first kappa shape index (κ1) is 16.9. The minimum absolute atomic E-state index is 0.383. The lowest BCUT2D eigenvalue weighted by Gasteiger charge is -2.26. The fourth-order valence-electron chi connectivity index (χ4n) is 2.27. The van der Waals surface area contributed by atoms with Crippen LogP contribution in [0.2, 0.25) is 0 Å². The molecule has 2 heterocycles. The van der Waals surface area contributed by atoms with Crippen LogP contribution in [-0.2, 0) is 16.1 Å². The van der Waals surface area contributed by atoms with Gasteiger partial charge >= 0.3 is 0 Å². The van der Waals surface area contributed by atoms with Crippen molar-refractivity contribution < 1.29 is 14.6 Å². The summed E-state index contributed by atoms with van der Waals surface area (Å²) in [4.78, 5) is 3.62. The highest BCUT2D eigenvalue weighted by atomic mass is 32.1. The quantitative estimate of drug-likeness (QED) is 0.630. The highest BCUT2D eigenvalue weighted by Crippen LogP contribution is 2.09. The minimum Gasteiger partial charge on any atom is -0.389 e. The van der Waals surface area contributed by atoms with E-state index in [-0.39, 0.29) is 0 Å². The molecular weight excluding hydrogens is 288 g/mol. The Morgan fingerprint density at radius 1 is 1.43 bits per heavy atom. The van der Waals surface area contributed by atoms with Crippen LogP contribution in [0.5, 0.6) is 0 Å². The van der Waals surface area contributed by atoms with Crippen LogP contribution in [0, 0.1) is 0 Å². The van der Waals surface area contributed by atoms with Crippen molar-refractivity contribution in [3.8, 4) is 0 Å². The molecule has 0 spiro atoms. The van der Waals surface area contributed by atoms with E-state index >= 15 is 0 Å². The number of hydrogen-bond acceptors (Lipinski definition) is 6. The number of nitrogens with zero attached hydrogens (tertiary/aromatic N) is 1.